The van der Waals surface area contributed by atoms with Crippen molar-refractivity contribution < 1.29 is 4.74 Å². The minimum absolute atomic E-state index is 0.605. The Labute approximate surface area is 170 Å². The number of likely N-dealkylation sites (N-methyl/N-ethyl adjacent to an activating group) is 1. The predicted molar refractivity (Wildman–Crippen MR) is 117 cm³/mol. The number of ether oxygens (including phenoxy) is 1. The third-order valence-corrected chi connectivity index (χ3v) is 5.84. The predicted octanol–water partition coefficient (Wildman–Crippen LogP) is 5.17. The lowest BCUT2D eigenvalue weighted by Gasteiger charge is -2.34. The highest BCUT2D eigenvalue weighted by Gasteiger charge is 2.40. The van der Waals surface area contributed by atoms with Gasteiger partial charge >= 0.3 is 0 Å². The number of nitrogens with zero attached hydrogens (tertiary/aromatic N) is 2. The summed E-state index contributed by atoms with van der Waals surface area (Å²) in [5.74, 6) is 0. The standard InChI is InChI=1S/C24H24N2OS/c1-26(2)16-17-27-24(23-13-8-18-28-23,20-10-4-3-5-11-20)22-15-14-19-9-6-7-12-21(19)25-22/h3-15,18H,16-17H2,1-2H3/t24-/m1/s1. The molecule has 0 bridgehead atoms. The molecule has 0 spiro atoms. The zero-order valence-corrected chi connectivity index (χ0v) is 17.0. The van der Waals surface area contributed by atoms with Crippen molar-refractivity contribution in [2.24, 2.45) is 0 Å². The smallest absolute Gasteiger partial charge is 0.169 e. The van der Waals surface area contributed by atoms with Gasteiger partial charge in [-0.05, 0) is 43.2 Å². The van der Waals surface area contributed by atoms with Gasteiger partial charge in [-0.2, -0.15) is 0 Å². The van der Waals surface area contributed by atoms with Crippen LogP contribution in [0.3, 0.4) is 0 Å². The maximum atomic E-state index is 6.71. The first-order valence-electron chi connectivity index (χ1n) is 9.44. The van der Waals surface area contributed by atoms with Gasteiger partial charge in [-0.25, -0.2) is 4.98 Å². The molecule has 0 radical (unpaired) electrons. The first-order chi connectivity index (χ1) is 13.7. The van der Waals surface area contributed by atoms with Crippen molar-refractivity contribution in [2.45, 2.75) is 5.60 Å². The molecular weight excluding hydrogens is 364 g/mol. The normalized spacial score (nSPS) is 13.7. The first-order valence-corrected chi connectivity index (χ1v) is 10.3. The Balaban J connectivity index is 1.92. The van der Waals surface area contributed by atoms with Crippen molar-refractivity contribution in [1.82, 2.24) is 9.88 Å². The van der Waals surface area contributed by atoms with E-state index in [1.54, 1.807) is 11.3 Å². The Morgan fingerprint density at radius 1 is 0.893 bits per heavy atom. The van der Waals surface area contributed by atoms with E-state index in [1.807, 2.05) is 18.2 Å². The summed E-state index contributed by atoms with van der Waals surface area (Å²) in [5, 5.41) is 3.23. The maximum Gasteiger partial charge on any atom is 0.169 e. The van der Waals surface area contributed by atoms with Crippen molar-refractivity contribution in [1.29, 1.82) is 0 Å². The molecule has 4 aromatic rings. The quantitative estimate of drug-likeness (QED) is 0.437. The molecule has 0 saturated carbocycles. The fraction of sp³-hybridized carbons (Fsp3) is 0.208. The van der Waals surface area contributed by atoms with E-state index >= 15 is 0 Å². The second kappa shape index (κ2) is 8.23. The van der Waals surface area contributed by atoms with Gasteiger partial charge in [-0.3, -0.25) is 0 Å². The Morgan fingerprint density at radius 3 is 2.43 bits per heavy atom. The lowest BCUT2D eigenvalue weighted by Crippen LogP contribution is -2.35. The van der Waals surface area contributed by atoms with Crippen LogP contribution in [0.5, 0.6) is 0 Å². The molecule has 2 aromatic carbocycles. The molecule has 28 heavy (non-hydrogen) atoms. The molecule has 0 fully saturated rings. The number of fused-ring (bicyclic) bond motifs is 1. The molecule has 0 aliphatic heterocycles. The fourth-order valence-corrected chi connectivity index (χ4v) is 4.35. The molecule has 142 valence electrons. The molecule has 0 N–H and O–H groups in total. The molecule has 0 unspecified atom stereocenters. The van der Waals surface area contributed by atoms with Crippen LogP contribution in [-0.4, -0.2) is 37.1 Å². The minimum atomic E-state index is -0.727. The number of hydrogen-bond donors (Lipinski definition) is 0. The van der Waals surface area contributed by atoms with Crippen molar-refractivity contribution in [3.8, 4) is 0 Å². The number of rotatable bonds is 7. The summed E-state index contributed by atoms with van der Waals surface area (Å²) in [5.41, 5.74) is 2.26. The molecule has 0 amide bonds. The van der Waals surface area contributed by atoms with E-state index in [0.717, 1.165) is 33.6 Å². The average molecular weight is 389 g/mol. The monoisotopic (exact) mass is 388 g/mol. The van der Waals surface area contributed by atoms with Gasteiger partial charge in [-0.15, -0.1) is 11.3 Å². The molecule has 0 aliphatic carbocycles. The number of aromatic nitrogens is 1. The molecule has 2 heterocycles. The zero-order valence-electron chi connectivity index (χ0n) is 16.2. The van der Waals surface area contributed by atoms with Crippen molar-refractivity contribution in [2.75, 3.05) is 27.2 Å². The number of hydrogen-bond acceptors (Lipinski definition) is 4. The Hall–Kier alpha value is -2.53. The van der Waals surface area contributed by atoms with Gasteiger partial charge in [0.05, 0.1) is 17.8 Å². The summed E-state index contributed by atoms with van der Waals surface area (Å²) in [6, 6.07) is 27.1. The van der Waals surface area contributed by atoms with Gasteiger partial charge in [0.15, 0.2) is 5.60 Å². The number of pyridine rings is 1. The molecule has 3 nitrogen and oxygen atoms in total. The van der Waals surface area contributed by atoms with Crippen LogP contribution >= 0.6 is 11.3 Å². The fourth-order valence-electron chi connectivity index (χ4n) is 3.44. The van der Waals surface area contributed by atoms with Crippen LogP contribution in [0.2, 0.25) is 0 Å². The summed E-state index contributed by atoms with van der Waals surface area (Å²) in [4.78, 5) is 8.32. The van der Waals surface area contributed by atoms with Crippen molar-refractivity contribution >= 4 is 22.2 Å². The Bertz CT molecular complexity index is 1030. The molecule has 1 atom stereocenters. The van der Waals surface area contributed by atoms with Gasteiger partial charge in [0.1, 0.15) is 0 Å². The van der Waals surface area contributed by atoms with Gasteiger partial charge in [0.25, 0.3) is 0 Å². The van der Waals surface area contributed by atoms with Crippen molar-refractivity contribution in [3.05, 3.63) is 100 Å². The van der Waals surface area contributed by atoms with Crippen LogP contribution in [0.1, 0.15) is 16.1 Å². The van der Waals surface area contributed by atoms with E-state index in [-0.39, 0.29) is 0 Å². The highest BCUT2D eigenvalue weighted by molar-refractivity contribution is 7.10. The van der Waals surface area contributed by atoms with Gasteiger partial charge in [-0.1, -0.05) is 60.7 Å². The lowest BCUT2D eigenvalue weighted by atomic mass is 9.87. The number of benzene rings is 2. The van der Waals surface area contributed by atoms with E-state index < -0.39 is 5.60 Å². The third-order valence-electron chi connectivity index (χ3n) is 4.86. The zero-order chi connectivity index (χ0) is 19.4. The molecule has 0 saturated heterocycles. The van der Waals surface area contributed by atoms with Crippen molar-refractivity contribution in [3.63, 3.8) is 0 Å². The largest absolute Gasteiger partial charge is 0.357 e. The van der Waals surface area contributed by atoms with E-state index in [0.29, 0.717) is 6.61 Å². The van der Waals surface area contributed by atoms with E-state index in [4.69, 9.17) is 9.72 Å². The van der Waals surface area contributed by atoms with Crippen LogP contribution in [-0.2, 0) is 10.3 Å². The second-order valence-electron chi connectivity index (χ2n) is 7.07. The highest BCUT2D eigenvalue weighted by Crippen LogP contribution is 2.42. The first kappa shape index (κ1) is 18.8. The molecule has 4 heteroatoms. The summed E-state index contributed by atoms with van der Waals surface area (Å²) >= 11 is 1.71. The Kier molecular flexibility index (Phi) is 5.53. The second-order valence-corrected chi connectivity index (χ2v) is 8.01. The maximum absolute atomic E-state index is 6.71. The van der Waals surface area contributed by atoms with Gasteiger partial charge in [0, 0.05) is 16.8 Å². The van der Waals surface area contributed by atoms with Crippen LogP contribution in [0, 0.1) is 0 Å². The van der Waals surface area contributed by atoms with Crippen LogP contribution in [0.4, 0.5) is 0 Å². The van der Waals surface area contributed by atoms with Gasteiger partial charge < -0.3 is 9.64 Å². The molecule has 4 rings (SSSR count). The molecule has 2 aromatic heterocycles. The van der Waals surface area contributed by atoms with E-state index in [2.05, 4.69) is 85.0 Å². The summed E-state index contributed by atoms with van der Waals surface area (Å²) in [6.07, 6.45) is 0. The topological polar surface area (TPSA) is 25.4 Å². The summed E-state index contributed by atoms with van der Waals surface area (Å²) in [7, 11) is 4.12. The van der Waals surface area contributed by atoms with Crippen LogP contribution in [0.25, 0.3) is 10.9 Å². The van der Waals surface area contributed by atoms with E-state index in [9.17, 15) is 0 Å². The molecular formula is C24H24N2OS. The Morgan fingerprint density at radius 2 is 1.68 bits per heavy atom. The summed E-state index contributed by atoms with van der Waals surface area (Å²) in [6.45, 7) is 1.45. The van der Waals surface area contributed by atoms with Crippen LogP contribution < -0.4 is 0 Å². The van der Waals surface area contributed by atoms with Crippen LogP contribution in [0.15, 0.2) is 84.2 Å². The van der Waals surface area contributed by atoms with E-state index in [1.165, 1.54) is 0 Å². The summed E-state index contributed by atoms with van der Waals surface area (Å²) < 4.78 is 6.71. The average Bonchev–Trinajstić information content (AvgIpc) is 3.27. The SMILES string of the molecule is CN(C)CCO[C@](c1ccccc1)(c1ccc2ccccc2n1)c1cccs1. The number of para-hydroxylation sites is 1. The number of thiophene rings is 1. The lowest BCUT2D eigenvalue weighted by molar-refractivity contribution is 0.00577. The highest BCUT2D eigenvalue weighted by atomic mass is 32.1. The minimum Gasteiger partial charge on any atom is -0.357 e. The molecule has 0 aliphatic rings. The third kappa shape index (κ3) is 3.59. The van der Waals surface area contributed by atoms with Gasteiger partial charge in [0.2, 0.25) is 0 Å².